The monoisotopic (exact) mass is 468 g/mol. The molecule has 3 atom stereocenters. The second-order valence-electron chi connectivity index (χ2n) is 8.48. The lowest BCUT2D eigenvalue weighted by Gasteiger charge is -2.19. The summed E-state index contributed by atoms with van der Waals surface area (Å²) in [6, 6.07) is 16.2. The summed E-state index contributed by atoms with van der Waals surface area (Å²) < 4.78 is 11.0. The summed E-state index contributed by atoms with van der Waals surface area (Å²) in [6.07, 6.45) is -2.35. The quantitative estimate of drug-likeness (QED) is 0.441. The molecule has 0 spiro atoms. The Balaban J connectivity index is 1.26. The highest BCUT2D eigenvalue weighted by atomic mass is 16.5. The van der Waals surface area contributed by atoms with Crippen molar-refractivity contribution in [3.63, 3.8) is 0 Å². The Bertz CT molecular complexity index is 1010. The molecule has 1 saturated heterocycles. The Morgan fingerprint density at radius 1 is 1.03 bits per heavy atom. The van der Waals surface area contributed by atoms with Gasteiger partial charge in [0.1, 0.15) is 12.7 Å². The summed E-state index contributed by atoms with van der Waals surface area (Å²) in [4.78, 5) is 35.4. The van der Waals surface area contributed by atoms with Crippen LogP contribution in [0.2, 0.25) is 0 Å². The van der Waals surface area contributed by atoms with Crippen LogP contribution in [-0.2, 0) is 19.1 Å². The van der Waals surface area contributed by atoms with Gasteiger partial charge in [0.05, 0.1) is 0 Å². The SMILES string of the molecule is O=C(NCC1CCOC1C(=O)NCCC(O)C(=O)O)OCC1c2ccccc2-c2ccccc21. The average molecular weight is 469 g/mol. The van der Waals surface area contributed by atoms with E-state index in [2.05, 4.69) is 34.9 Å². The number of ether oxygens (including phenoxy) is 2. The zero-order valence-corrected chi connectivity index (χ0v) is 18.6. The smallest absolute Gasteiger partial charge is 0.407 e. The molecule has 1 fully saturated rings. The molecule has 2 aliphatic rings. The van der Waals surface area contributed by atoms with Crippen LogP contribution in [0.5, 0.6) is 0 Å². The van der Waals surface area contributed by atoms with Gasteiger partial charge in [-0.25, -0.2) is 9.59 Å². The zero-order valence-electron chi connectivity index (χ0n) is 18.6. The summed E-state index contributed by atoms with van der Waals surface area (Å²) in [6.45, 7) is 0.814. The van der Waals surface area contributed by atoms with Crippen molar-refractivity contribution in [2.24, 2.45) is 5.92 Å². The van der Waals surface area contributed by atoms with E-state index in [0.29, 0.717) is 13.0 Å². The Morgan fingerprint density at radius 3 is 2.32 bits per heavy atom. The minimum atomic E-state index is -1.53. The fourth-order valence-electron chi connectivity index (χ4n) is 4.55. The first kappa shape index (κ1) is 23.7. The van der Waals surface area contributed by atoms with E-state index in [4.69, 9.17) is 14.6 Å². The van der Waals surface area contributed by atoms with Gasteiger partial charge in [-0.15, -0.1) is 0 Å². The molecule has 0 saturated carbocycles. The minimum absolute atomic E-state index is 0.0126. The number of carbonyl (C=O) groups excluding carboxylic acids is 2. The molecule has 9 heteroatoms. The van der Waals surface area contributed by atoms with Gasteiger partial charge in [-0.05, 0) is 28.7 Å². The number of amides is 2. The van der Waals surface area contributed by atoms with Gasteiger partial charge in [-0.3, -0.25) is 4.79 Å². The van der Waals surface area contributed by atoms with Gasteiger partial charge in [-0.1, -0.05) is 48.5 Å². The number of carboxylic acid groups (broad SMARTS) is 1. The Labute approximate surface area is 197 Å². The summed E-state index contributed by atoms with van der Waals surface area (Å²) in [5.74, 6) is -2.00. The van der Waals surface area contributed by atoms with E-state index in [9.17, 15) is 19.5 Å². The van der Waals surface area contributed by atoms with Crippen LogP contribution in [0.3, 0.4) is 0 Å². The molecule has 4 N–H and O–H groups in total. The topological polar surface area (TPSA) is 134 Å². The van der Waals surface area contributed by atoms with Crippen molar-refractivity contribution in [2.75, 3.05) is 26.3 Å². The van der Waals surface area contributed by atoms with Gasteiger partial charge in [0.25, 0.3) is 0 Å². The molecule has 1 aliphatic carbocycles. The Morgan fingerprint density at radius 2 is 1.68 bits per heavy atom. The van der Waals surface area contributed by atoms with Gasteiger partial charge < -0.3 is 30.3 Å². The largest absolute Gasteiger partial charge is 0.479 e. The number of alkyl carbamates (subject to hydrolysis) is 1. The van der Waals surface area contributed by atoms with Crippen molar-refractivity contribution in [3.05, 3.63) is 59.7 Å². The van der Waals surface area contributed by atoms with Crippen LogP contribution in [0.15, 0.2) is 48.5 Å². The van der Waals surface area contributed by atoms with Crippen LogP contribution >= 0.6 is 0 Å². The molecule has 34 heavy (non-hydrogen) atoms. The fraction of sp³-hybridized carbons (Fsp3) is 0.400. The fourth-order valence-corrected chi connectivity index (χ4v) is 4.55. The molecule has 0 radical (unpaired) electrons. The van der Waals surface area contributed by atoms with Crippen LogP contribution in [0.1, 0.15) is 29.9 Å². The van der Waals surface area contributed by atoms with Crippen molar-refractivity contribution >= 4 is 18.0 Å². The van der Waals surface area contributed by atoms with Gasteiger partial charge in [0.15, 0.2) is 6.10 Å². The van der Waals surface area contributed by atoms with Crippen molar-refractivity contribution in [3.8, 4) is 11.1 Å². The summed E-state index contributed by atoms with van der Waals surface area (Å²) in [5, 5.41) is 23.3. The number of fused-ring (bicyclic) bond motifs is 3. The number of aliphatic hydroxyl groups is 1. The molecule has 0 aromatic heterocycles. The summed E-state index contributed by atoms with van der Waals surface area (Å²) >= 11 is 0. The molecule has 2 aromatic carbocycles. The van der Waals surface area contributed by atoms with Gasteiger partial charge in [0.2, 0.25) is 5.91 Å². The van der Waals surface area contributed by atoms with E-state index >= 15 is 0 Å². The summed E-state index contributed by atoms with van der Waals surface area (Å²) in [5.41, 5.74) is 4.57. The number of aliphatic carboxylic acids is 1. The van der Waals surface area contributed by atoms with Crippen LogP contribution in [0, 0.1) is 5.92 Å². The molecule has 180 valence electrons. The number of carbonyl (C=O) groups is 3. The average Bonchev–Trinajstić information content (AvgIpc) is 3.44. The molecule has 2 amide bonds. The zero-order chi connectivity index (χ0) is 24.1. The number of hydrogen-bond donors (Lipinski definition) is 4. The van der Waals surface area contributed by atoms with Gasteiger partial charge in [-0.2, -0.15) is 0 Å². The maximum atomic E-state index is 12.4. The van der Waals surface area contributed by atoms with E-state index in [1.807, 2.05) is 24.3 Å². The third-order valence-corrected chi connectivity index (χ3v) is 6.33. The van der Waals surface area contributed by atoms with Gasteiger partial charge in [0, 0.05) is 38.0 Å². The first-order valence-corrected chi connectivity index (χ1v) is 11.3. The second kappa shape index (κ2) is 10.7. The molecule has 1 aliphatic heterocycles. The maximum Gasteiger partial charge on any atom is 0.407 e. The lowest BCUT2D eigenvalue weighted by Crippen LogP contribution is -2.43. The molecule has 4 rings (SSSR count). The second-order valence-corrected chi connectivity index (χ2v) is 8.48. The normalized spacial score (nSPS) is 19.7. The van der Waals surface area contributed by atoms with E-state index in [0.717, 1.165) is 22.3 Å². The third kappa shape index (κ3) is 5.21. The standard InChI is InChI=1S/C25H28N2O7/c28-21(24(30)31)9-11-26-23(29)22-15(10-12-33-22)13-27-25(32)34-14-20-18-7-3-1-5-16(18)17-6-2-4-8-19(17)20/h1-8,15,20-22,28H,9-14H2,(H,26,29)(H,27,32)(H,30,31). The van der Waals surface area contributed by atoms with Crippen molar-refractivity contribution in [2.45, 2.75) is 31.0 Å². The molecular formula is C25H28N2O7. The Kier molecular flexibility index (Phi) is 7.44. The lowest BCUT2D eigenvalue weighted by molar-refractivity contribution is -0.147. The predicted molar refractivity (Wildman–Crippen MR) is 122 cm³/mol. The van der Waals surface area contributed by atoms with Crippen molar-refractivity contribution in [1.82, 2.24) is 10.6 Å². The van der Waals surface area contributed by atoms with E-state index in [1.165, 1.54) is 0 Å². The molecule has 9 nitrogen and oxygen atoms in total. The highest BCUT2D eigenvalue weighted by Crippen LogP contribution is 2.44. The number of hydrogen-bond acceptors (Lipinski definition) is 6. The van der Waals surface area contributed by atoms with Gasteiger partial charge >= 0.3 is 12.1 Å². The van der Waals surface area contributed by atoms with E-state index < -0.39 is 30.2 Å². The molecule has 0 bridgehead atoms. The number of rotatable bonds is 9. The molecule has 1 heterocycles. The van der Waals surface area contributed by atoms with Crippen LogP contribution in [-0.4, -0.2) is 66.7 Å². The highest BCUT2D eigenvalue weighted by molar-refractivity contribution is 5.82. The first-order valence-electron chi connectivity index (χ1n) is 11.3. The van der Waals surface area contributed by atoms with Crippen molar-refractivity contribution in [1.29, 1.82) is 0 Å². The Hall–Kier alpha value is -3.43. The highest BCUT2D eigenvalue weighted by Gasteiger charge is 2.35. The van der Waals surface area contributed by atoms with Crippen LogP contribution in [0.25, 0.3) is 11.1 Å². The number of carboxylic acids is 1. The van der Waals surface area contributed by atoms with E-state index in [1.54, 1.807) is 0 Å². The van der Waals surface area contributed by atoms with E-state index in [-0.39, 0.29) is 38.0 Å². The van der Waals surface area contributed by atoms with Crippen LogP contribution in [0.4, 0.5) is 4.79 Å². The number of aliphatic hydroxyl groups excluding tert-OH is 1. The lowest BCUT2D eigenvalue weighted by atomic mass is 9.98. The first-order chi connectivity index (χ1) is 16.5. The maximum absolute atomic E-state index is 12.4. The minimum Gasteiger partial charge on any atom is -0.479 e. The molecule has 3 unspecified atom stereocenters. The van der Waals surface area contributed by atoms with Crippen molar-refractivity contribution < 1.29 is 34.1 Å². The third-order valence-electron chi connectivity index (χ3n) is 6.33. The molecule has 2 aromatic rings. The number of benzene rings is 2. The van der Waals surface area contributed by atoms with Crippen LogP contribution < -0.4 is 10.6 Å². The predicted octanol–water partition coefficient (Wildman–Crippen LogP) is 1.88. The molecular weight excluding hydrogens is 440 g/mol. The summed E-state index contributed by atoms with van der Waals surface area (Å²) in [7, 11) is 0. The number of nitrogens with one attached hydrogen (secondary N) is 2.